The number of thioether (sulfide) groups is 1. The predicted octanol–water partition coefficient (Wildman–Crippen LogP) is 4.37. The smallest absolute Gasteiger partial charge is 1.00 e. The fourth-order valence-electron chi connectivity index (χ4n) is 2.32. The summed E-state index contributed by atoms with van der Waals surface area (Å²) in [5, 5.41) is 0. The van der Waals surface area contributed by atoms with E-state index in [-0.39, 0.29) is 40.0 Å². The molecule has 0 saturated heterocycles. The minimum absolute atomic E-state index is 0. The van der Waals surface area contributed by atoms with Crippen molar-refractivity contribution in [3.05, 3.63) is 115 Å². The fraction of sp³-hybridized carbons (Fsp3) is 0.111. The summed E-state index contributed by atoms with van der Waals surface area (Å²) in [7, 11) is 3.35. The maximum absolute atomic E-state index is 5.11. The Labute approximate surface area is 233 Å². The number of benzene rings is 4. The third-order valence-corrected chi connectivity index (χ3v) is 5.70. The van der Waals surface area contributed by atoms with E-state index < -0.39 is 0 Å². The minimum atomic E-state index is 0. The Balaban J connectivity index is 0.000000495. The maximum Gasteiger partial charge on any atom is 2.00 e. The van der Waals surface area contributed by atoms with Gasteiger partial charge in [-0.15, -0.1) is 11.8 Å². The molecule has 0 spiro atoms. The zero-order valence-electron chi connectivity index (χ0n) is 19.1. The summed E-state index contributed by atoms with van der Waals surface area (Å²) >= 11 is 3.48. The number of ether oxygens (including phenoxy) is 2. The number of hydrogen-bond donors (Lipinski definition) is 0. The zero-order chi connectivity index (χ0) is 22.2. The molecule has 0 heterocycles. The van der Waals surface area contributed by atoms with Gasteiger partial charge in [-0.3, -0.25) is 0 Å². The Morgan fingerprint density at radius 2 is 1.00 bits per heavy atom. The van der Waals surface area contributed by atoms with Gasteiger partial charge in [-0.1, -0.05) is 30.0 Å². The van der Waals surface area contributed by atoms with Crippen LogP contribution in [0.5, 0.6) is 11.5 Å². The first-order valence-electron chi connectivity index (χ1n) is 9.71. The van der Waals surface area contributed by atoms with Crippen LogP contribution >= 0.6 is 23.5 Å². The number of rotatable bonds is 5. The van der Waals surface area contributed by atoms with Crippen molar-refractivity contribution < 1.29 is 26.5 Å². The van der Waals surface area contributed by atoms with E-state index in [0.717, 1.165) is 11.5 Å². The van der Waals surface area contributed by atoms with Crippen LogP contribution in [-0.4, -0.2) is 43.5 Å². The second-order valence-corrected chi connectivity index (χ2v) is 8.07. The van der Waals surface area contributed by atoms with Crippen molar-refractivity contribution in [1.29, 1.82) is 0 Å². The van der Waals surface area contributed by atoms with E-state index in [0.29, 0.717) is 0 Å². The molecule has 33 heavy (non-hydrogen) atoms. The van der Waals surface area contributed by atoms with Crippen LogP contribution in [0.15, 0.2) is 124 Å². The maximum atomic E-state index is 5.11. The molecule has 0 amide bonds. The van der Waals surface area contributed by atoms with Crippen LogP contribution in [0.4, 0.5) is 0 Å². The molecule has 0 aliphatic carbocycles. The van der Waals surface area contributed by atoms with Crippen molar-refractivity contribution in [2.75, 3.05) is 20.5 Å². The summed E-state index contributed by atoms with van der Waals surface area (Å²) < 4.78 is 10.1. The summed E-state index contributed by atoms with van der Waals surface area (Å²) in [6.45, 7) is 0. The molecular weight excluding hydrogens is 525 g/mol. The molecule has 0 unspecified atom stereocenters. The third kappa shape index (κ3) is 13.7. The minimum Gasteiger partial charge on any atom is -1.00 e. The normalized spacial score (nSPS) is 8.82. The second-order valence-electron chi connectivity index (χ2n) is 6.05. The molecule has 0 aromatic heterocycles. The second kappa shape index (κ2) is 19.9. The van der Waals surface area contributed by atoms with E-state index in [1.54, 1.807) is 37.7 Å². The van der Waals surface area contributed by atoms with Gasteiger partial charge in [0.05, 0.1) is 14.2 Å². The van der Waals surface area contributed by atoms with Gasteiger partial charge in [0.2, 0.25) is 0 Å². The van der Waals surface area contributed by atoms with E-state index in [9.17, 15) is 0 Å². The molecule has 0 atom stereocenters. The largest absolute Gasteiger partial charge is 2.00 e. The summed E-state index contributed by atoms with van der Waals surface area (Å²) in [4.78, 5) is 3.74. The Bertz CT molecular complexity index is 905. The van der Waals surface area contributed by atoms with Gasteiger partial charge in [-0.05, 0) is 66.9 Å². The first-order chi connectivity index (χ1) is 15.2. The van der Waals surface area contributed by atoms with Gasteiger partial charge in [0.25, 0.3) is 0 Å². The van der Waals surface area contributed by atoms with Crippen LogP contribution in [0.2, 0.25) is 0 Å². The average molecular weight is 552 g/mol. The van der Waals surface area contributed by atoms with Crippen LogP contribution < -0.4 is 26.5 Å². The van der Waals surface area contributed by atoms with Gasteiger partial charge in [-0.2, -0.15) is 36.4 Å². The topological polar surface area (TPSA) is 18.5 Å². The van der Waals surface area contributed by atoms with E-state index in [4.69, 9.17) is 9.47 Å². The van der Waals surface area contributed by atoms with Gasteiger partial charge in [0.1, 0.15) is 11.5 Å². The Morgan fingerprint density at radius 3 is 1.36 bits per heavy atom. The van der Waals surface area contributed by atoms with Crippen molar-refractivity contribution in [2.45, 2.75) is 14.7 Å². The van der Waals surface area contributed by atoms with Crippen molar-refractivity contribution in [1.82, 2.24) is 0 Å². The van der Waals surface area contributed by atoms with E-state index >= 15 is 0 Å². The Kier molecular flexibility index (Phi) is 18.9. The summed E-state index contributed by atoms with van der Waals surface area (Å²) in [6, 6.07) is 38.9. The molecule has 4 aromatic carbocycles. The fourth-order valence-corrected chi connectivity index (χ4v) is 3.57. The molecule has 0 fully saturated rings. The molecule has 0 N–H and O–H groups in total. The van der Waals surface area contributed by atoms with Crippen LogP contribution in [0, 0.1) is 6.07 Å². The average Bonchev–Trinajstić information content (AvgIpc) is 2.87. The monoisotopic (exact) mass is 550 g/mol. The summed E-state index contributed by atoms with van der Waals surface area (Å²) in [5.41, 5.74) is 0. The van der Waals surface area contributed by atoms with Gasteiger partial charge in [0, 0.05) is 14.7 Å². The molecule has 6 heteroatoms. The molecular formula is C27H27BrMgO2S2. The number of methoxy groups -OCH3 is 2. The molecule has 2 nitrogen and oxygen atoms in total. The predicted molar refractivity (Wildman–Crippen MR) is 139 cm³/mol. The number of halogens is 1. The first kappa shape index (κ1) is 31.4. The summed E-state index contributed by atoms with van der Waals surface area (Å²) in [5.74, 6) is 1.81. The van der Waals surface area contributed by atoms with Gasteiger partial charge in [0.15, 0.2) is 0 Å². The molecule has 0 saturated carbocycles. The standard InChI is InChI=1S/C13H12OS.C8H10OS.C6H5.BrH.Mg/c1-14-11-7-9-13(10-8-11)15-12-5-3-2-4-6-12;1-9-7-3-5-8(10-2)6-4-7;1-2-4-6-5-3-1;;/h2-10H,1H3;3-6H,1-2H3;1-5H;1H;/q;;-1;;+2/p-1. The van der Waals surface area contributed by atoms with E-state index in [1.807, 2.05) is 84.9 Å². The Morgan fingerprint density at radius 1 is 0.576 bits per heavy atom. The molecule has 0 aliphatic rings. The SMILES string of the molecule is COc1ccc(SC)cc1.COc1ccc(Sc2ccccc2)cc1.[Br-].[Mg+2].[c-]1ccccc1. The third-order valence-electron chi connectivity index (χ3n) is 3.94. The van der Waals surface area contributed by atoms with Crippen LogP contribution in [0.3, 0.4) is 0 Å². The van der Waals surface area contributed by atoms with Gasteiger partial charge >= 0.3 is 23.1 Å². The van der Waals surface area contributed by atoms with Gasteiger partial charge < -0.3 is 26.5 Å². The molecule has 0 bridgehead atoms. The van der Waals surface area contributed by atoms with Crippen molar-refractivity contribution in [3.8, 4) is 11.5 Å². The quantitative estimate of drug-likeness (QED) is 0.208. The van der Waals surface area contributed by atoms with E-state index in [1.165, 1.54) is 14.7 Å². The number of hydrogen-bond acceptors (Lipinski definition) is 4. The van der Waals surface area contributed by atoms with Crippen LogP contribution in [-0.2, 0) is 0 Å². The molecule has 0 aliphatic heterocycles. The first-order valence-corrected chi connectivity index (χ1v) is 11.8. The van der Waals surface area contributed by atoms with Crippen LogP contribution in [0.1, 0.15) is 0 Å². The van der Waals surface area contributed by atoms with Crippen molar-refractivity contribution >= 4 is 46.6 Å². The van der Waals surface area contributed by atoms with Crippen molar-refractivity contribution in [2.24, 2.45) is 0 Å². The van der Waals surface area contributed by atoms with Gasteiger partial charge in [-0.25, -0.2) is 0 Å². The molecule has 4 aromatic rings. The zero-order valence-corrected chi connectivity index (χ0v) is 23.7. The molecule has 4 rings (SSSR count). The van der Waals surface area contributed by atoms with E-state index in [2.05, 4.69) is 36.6 Å². The van der Waals surface area contributed by atoms with Crippen molar-refractivity contribution in [3.63, 3.8) is 0 Å². The van der Waals surface area contributed by atoms with Crippen LogP contribution in [0.25, 0.3) is 0 Å². The molecule has 0 radical (unpaired) electrons. The summed E-state index contributed by atoms with van der Waals surface area (Å²) in [6.07, 6.45) is 2.06. The Hall–Kier alpha value is -1.57. The molecule has 168 valence electrons.